The second kappa shape index (κ2) is 2.59. The Kier molecular flexibility index (Phi) is 1.75. The first kappa shape index (κ1) is 8.78. The Hall–Kier alpha value is -0.800. The molecule has 0 spiro atoms. The van der Waals surface area contributed by atoms with Gasteiger partial charge in [-0.15, -0.1) is 0 Å². The fraction of sp³-hybridized carbons (Fsp3) is 0.667. The lowest BCUT2D eigenvalue weighted by atomic mass is 9.83. The van der Waals surface area contributed by atoms with E-state index >= 15 is 0 Å². The van der Waals surface area contributed by atoms with Crippen LogP contribution in [0.5, 0.6) is 0 Å². The summed E-state index contributed by atoms with van der Waals surface area (Å²) in [6, 6.07) is 0. The van der Waals surface area contributed by atoms with Gasteiger partial charge < -0.3 is 4.79 Å². The van der Waals surface area contributed by atoms with Crippen molar-refractivity contribution in [1.29, 1.82) is 0 Å². The summed E-state index contributed by atoms with van der Waals surface area (Å²) < 4.78 is 37.4. The third-order valence-corrected chi connectivity index (χ3v) is 3.06. The van der Waals surface area contributed by atoms with Crippen molar-refractivity contribution in [2.75, 3.05) is 0 Å². The number of aldehydes is 1. The minimum Gasteiger partial charge on any atom is -0.303 e. The molecule has 0 aromatic carbocycles. The number of fused-ring (bicyclic) bond motifs is 2. The molecule has 13 heavy (non-hydrogen) atoms. The molecule has 0 aliphatic heterocycles. The van der Waals surface area contributed by atoms with Crippen LogP contribution in [0.25, 0.3) is 0 Å². The van der Waals surface area contributed by atoms with Gasteiger partial charge in [0.2, 0.25) is 0 Å². The van der Waals surface area contributed by atoms with Crippen molar-refractivity contribution in [3.05, 3.63) is 12.2 Å². The molecule has 0 unspecified atom stereocenters. The molecule has 1 fully saturated rings. The van der Waals surface area contributed by atoms with Crippen LogP contribution in [0.2, 0.25) is 0 Å². The Morgan fingerprint density at radius 3 is 2.31 bits per heavy atom. The number of hydrogen-bond donors (Lipinski definition) is 0. The summed E-state index contributed by atoms with van der Waals surface area (Å²) in [6.07, 6.45) is 0.0739. The number of allylic oxidation sites excluding steroid dienone is 2. The normalized spacial score (nSPS) is 42.7. The predicted molar refractivity (Wildman–Crippen MR) is 39.8 cm³/mol. The molecule has 0 aromatic heterocycles. The number of alkyl halides is 3. The summed E-state index contributed by atoms with van der Waals surface area (Å²) in [7, 11) is 0. The second-order valence-corrected chi connectivity index (χ2v) is 3.73. The van der Waals surface area contributed by atoms with E-state index in [1.54, 1.807) is 12.2 Å². The van der Waals surface area contributed by atoms with E-state index in [0.29, 0.717) is 12.7 Å². The number of rotatable bonds is 1. The molecule has 0 aromatic rings. The highest BCUT2D eigenvalue weighted by molar-refractivity contribution is 5.57. The highest BCUT2D eigenvalue weighted by Gasteiger charge is 2.56. The van der Waals surface area contributed by atoms with E-state index in [9.17, 15) is 18.0 Å². The summed E-state index contributed by atoms with van der Waals surface area (Å²) in [4.78, 5) is 10.5. The molecule has 4 heteroatoms. The van der Waals surface area contributed by atoms with Gasteiger partial charge in [-0.3, -0.25) is 0 Å². The zero-order valence-corrected chi connectivity index (χ0v) is 6.79. The van der Waals surface area contributed by atoms with Gasteiger partial charge in [0.25, 0.3) is 0 Å². The van der Waals surface area contributed by atoms with Crippen molar-refractivity contribution >= 4 is 6.29 Å². The van der Waals surface area contributed by atoms with E-state index in [-0.39, 0.29) is 5.92 Å². The summed E-state index contributed by atoms with van der Waals surface area (Å²) in [6.45, 7) is 0. The van der Waals surface area contributed by atoms with Gasteiger partial charge in [-0.1, -0.05) is 12.2 Å². The van der Waals surface area contributed by atoms with Crippen LogP contribution in [0, 0.1) is 23.7 Å². The largest absolute Gasteiger partial charge is 0.393 e. The Labute approximate surface area is 73.6 Å². The number of carbonyl (C=O) groups is 1. The van der Waals surface area contributed by atoms with E-state index < -0.39 is 23.9 Å². The molecule has 0 amide bonds. The van der Waals surface area contributed by atoms with Crippen molar-refractivity contribution in [3.8, 4) is 0 Å². The Balaban J connectivity index is 2.28. The van der Waals surface area contributed by atoms with Crippen molar-refractivity contribution in [1.82, 2.24) is 0 Å². The smallest absolute Gasteiger partial charge is 0.303 e. The van der Waals surface area contributed by atoms with Gasteiger partial charge in [-0.05, 0) is 18.3 Å². The van der Waals surface area contributed by atoms with Crippen LogP contribution in [-0.4, -0.2) is 12.5 Å². The minimum atomic E-state index is -4.23. The SMILES string of the molecule is O=C[C@@H]1[C@@H](C(F)(F)F)[C@H]2C=C[C@@H]1C2. The van der Waals surface area contributed by atoms with Gasteiger partial charge in [-0.2, -0.15) is 13.2 Å². The highest BCUT2D eigenvalue weighted by Crippen LogP contribution is 2.53. The Morgan fingerprint density at radius 2 is 1.85 bits per heavy atom. The van der Waals surface area contributed by atoms with E-state index in [4.69, 9.17) is 0 Å². The summed E-state index contributed by atoms with van der Waals surface area (Å²) in [5.41, 5.74) is 0. The minimum absolute atomic E-state index is 0.172. The molecule has 1 nitrogen and oxygen atoms in total. The average Bonchev–Trinajstić information content (AvgIpc) is 2.59. The third-order valence-electron chi connectivity index (χ3n) is 3.06. The number of carbonyl (C=O) groups excluding carboxylic acids is 1. The zero-order valence-electron chi connectivity index (χ0n) is 6.79. The molecule has 2 rings (SSSR count). The van der Waals surface area contributed by atoms with E-state index in [2.05, 4.69) is 0 Å². The highest BCUT2D eigenvalue weighted by atomic mass is 19.4. The molecule has 0 N–H and O–H groups in total. The fourth-order valence-electron chi connectivity index (χ4n) is 2.51. The van der Waals surface area contributed by atoms with E-state index in [0.717, 1.165) is 0 Å². The van der Waals surface area contributed by atoms with Crippen LogP contribution < -0.4 is 0 Å². The van der Waals surface area contributed by atoms with Gasteiger partial charge in [0.15, 0.2) is 0 Å². The van der Waals surface area contributed by atoms with Crippen molar-refractivity contribution < 1.29 is 18.0 Å². The van der Waals surface area contributed by atoms with Crippen LogP contribution in [0.1, 0.15) is 6.42 Å². The maximum atomic E-state index is 12.5. The first-order valence-electron chi connectivity index (χ1n) is 4.24. The summed E-state index contributed by atoms with van der Waals surface area (Å²) >= 11 is 0. The molecule has 0 heterocycles. The topological polar surface area (TPSA) is 17.1 Å². The Morgan fingerprint density at radius 1 is 1.23 bits per heavy atom. The van der Waals surface area contributed by atoms with Crippen molar-refractivity contribution in [2.45, 2.75) is 12.6 Å². The number of halogens is 3. The summed E-state index contributed by atoms with van der Waals surface area (Å²) in [5, 5.41) is 0. The van der Waals surface area contributed by atoms with Crippen molar-refractivity contribution in [3.63, 3.8) is 0 Å². The standard InChI is InChI=1S/C9H9F3O/c10-9(11,12)8-6-2-1-5(3-6)7(8)4-13/h1-2,4-8H,3H2/t5-,6+,7+,8+/m1/s1. The van der Waals surface area contributed by atoms with Gasteiger partial charge in [0.1, 0.15) is 6.29 Å². The molecular formula is C9H9F3O. The molecule has 0 radical (unpaired) electrons. The molecule has 72 valence electrons. The van der Waals surface area contributed by atoms with Crippen molar-refractivity contribution in [2.24, 2.45) is 23.7 Å². The predicted octanol–water partition coefficient (Wildman–Crippen LogP) is 2.19. The molecular weight excluding hydrogens is 181 g/mol. The van der Waals surface area contributed by atoms with Crippen LogP contribution in [0.3, 0.4) is 0 Å². The van der Waals surface area contributed by atoms with E-state index in [1.807, 2.05) is 0 Å². The quantitative estimate of drug-likeness (QED) is 0.457. The maximum absolute atomic E-state index is 12.5. The maximum Gasteiger partial charge on any atom is 0.393 e. The molecule has 2 aliphatic rings. The van der Waals surface area contributed by atoms with Gasteiger partial charge in [-0.25, -0.2) is 0 Å². The fourth-order valence-corrected chi connectivity index (χ4v) is 2.51. The molecule has 2 aliphatic carbocycles. The lowest BCUT2D eigenvalue weighted by molar-refractivity contribution is -0.192. The molecule has 4 atom stereocenters. The van der Waals surface area contributed by atoms with E-state index in [1.165, 1.54) is 0 Å². The average molecular weight is 190 g/mol. The van der Waals surface area contributed by atoms with Crippen LogP contribution in [0.15, 0.2) is 12.2 Å². The van der Waals surface area contributed by atoms with Gasteiger partial charge >= 0.3 is 6.18 Å². The second-order valence-electron chi connectivity index (χ2n) is 3.73. The lowest BCUT2D eigenvalue weighted by Gasteiger charge is -2.25. The Bertz CT molecular complexity index is 256. The molecule has 1 saturated carbocycles. The van der Waals surface area contributed by atoms with Crippen LogP contribution in [-0.2, 0) is 4.79 Å². The van der Waals surface area contributed by atoms with Gasteiger partial charge in [0.05, 0.1) is 5.92 Å². The molecule has 0 saturated heterocycles. The van der Waals surface area contributed by atoms with Crippen LogP contribution >= 0.6 is 0 Å². The summed E-state index contributed by atoms with van der Waals surface area (Å²) in [5.74, 6) is -2.90. The van der Waals surface area contributed by atoms with Crippen LogP contribution in [0.4, 0.5) is 13.2 Å². The first-order chi connectivity index (χ1) is 6.04. The number of hydrogen-bond acceptors (Lipinski definition) is 1. The zero-order chi connectivity index (χ0) is 9.64. The monoisotopic (exact) mass is 190 g/mol. The van der Waals surface area contributed by atoms with Gasteiger partial charge in [0, 0.05) is 5.92 Å². The third kappa shape index (κ3) is 1.19. The molecule has 2 bridgehead atoms. The lowest BCUT2D eigenvalue weighted by Crippen LogP contribution is -2.34. The first-order valence-corrected chi connectivity index (χ1v) is 4.24.